The van der Waals surface area contributed by atoms with Crippen LogP contribution in [-0.4, -0.2) is 22.4 Å². The average Bonchev–Trinajstić information content (AvgIpc) is 2.52. The van der Waals surface area contributed by atoms with Crippen LogP contribution in [0.1, 0.15) is 31.3 Å². The van der Waals surface area contributed by atoms with E-state index in [0.29, 0.717) is 5.69 Å². The van der Waals surface area contributed by atoms with Gasteiger partial charge in [-0.1, -0.05) is 13.8 Å². The maximum absolute atomic E-state index is 12.1. The third kappa shape index (κ3) is 4.25. The first-order chi connectivity index (χ1) is 6.50. The molecule has 1 atom stereocenters. The number of H-pyrrole nitrogens is 1. The molecule has 0 spiro atoms. The summed E-state index contributed by atoms with van der Waals surface area (Å²) in [7, 11) is 0. The summed E-state index contributed by atoms with van der Waals surface area (Å²) in [6.07, 6.45) is -0.782. The lowest BCUT2D eigenvalue weighted by Crippen LogP contribution is -2.31. The highest BCUT2D eigenvalue weighted by Crippen LogP contribution is 2.11. The molecule has 1 aromatic rings. The van der Waals surface area contributed by atoms with Crippen molar-refractivity contribution in [1.29, 1.82) is 0 Å². The van der Waals surface area contributed by atoms with Gasteiger partial charge in [0.05, 0.1) is 6.04 Å². The van der Waals surface area contributed by atoms with Gasteiger partial charge in [0.1, 0.15) is 5.82 Å². The summed E-state index contributed by atoms with van der Waals surface area (Å²) in [5.74, 6) is 1.08. The summed E-state index contributed by atoms with van der Waals surface area (Å²) in [5.41, 5.74) is 5.90. The van der Waals surface area contributed by atoms with Crippen LogP contribution in [0.5, 0.6) is 0 Å². The summed E-state index contributed by atoms with van der Waals surface area (Å²) < 4.78 is 24.2. The van der Waals surface area contributed by atoms with Gasteiger partial charge in [0.25, 0.3) is 6.43 Å². The topological polar surface area (TPSA) is 54.7 Å². The van der Waals surface area contributed by atoms with Gasteiger partial charge in [0.2, 0.25) is 0 Å². The Morgan fingerprint density at radius 3 is 2.47 bits per heavy atom. The van der Waals surface area contributed by atoms with Crippen LogP contribution in [0, 0.1) is 0 Å². The molecule has 88 valence electrons. The quantitative estimate of drug-likeness (QED) is 0.891. The predicted octanol–water partition coefficient (Wildman–Crippen LogP) is 2.25. The number of rotatable bonds is 4. The van der Waals surface area contributed by atoms with Gasteiger partial charge in [-0.15, -0.1) is 17.0 Å². The van der Waals surface area contributed by atoms with Crippen LogP contribution >= 0.6 is 17.0 Å². The largest absolute Gasteiger partial charge is 0.346 e. The second kappa shape index (κ2) is 6.17. The number of alkyl halides is 2. The maximum Gasteiger partial charge on any atom is 0.253 e. The highest BCUT2D eigenvalue weighted by atomic mass is 79.9. The molecule has 0 aromatic carbocycles. The molecule has 6 heteroatoms. The number of nitrogens with zero attached hydrogens (tertiary/aromatic N) is 1. The van der Waals surface area contributed by atoms with E-state index in [2.05, 4.69) is 9.97 Å². The van der Waals surface area contributed by atoms with Crippen molar-refractivity contribution in [3.8, 4) is 0 Å². The van der Waals surface area contributed by atoms with Gasteiger partial charge in [-0.05, 0) is 0 Å². The first-order valence-electron chi connectivity index (χ1n) is 4.58. The Balaban J connectivity index is 0.00000196. The minimum atomic E-state index is -2.49. The molecule has 1 rings (SSSR count). The highest BCUT2D eigenvalue weighted by molar-refractivity contribution is 8.93. The number of aromatic nitrogens is 2. The number of nitrogens with two attached hydrogens (primary N) is 1. The number of nitrogens with one attached hydrogen (secondary N) is 1. The first kappa shape index (κ1) is 14.5. The van der Waals surface area contributed by atoms with Gasteiger partial charge in [0.15, 0.2) is 0 Å². The summed E-state index contributed by atoms with van der Waals surface area (Å²) in [5, 5.41) is 0. The number of imidazole rings is 1. The van der Waals surface area contributed by atoms with E-state index in [1.165, 1.54) is 0 Å². The number of hydrogen-bond acceptors (Lipinski definition) is 2. The van der Waals surface area contributed by atoms with Crippen LogP contribution in [0.4, 0.5) is 8.78 Å². The zero-order valence-electron chi connectivity index (χ0n) is 8.71. The third-order valence-corrected chi connectivity index (χ3v) is 1.97. The Labute approximate surface area is 98.2 Å². The van der Waals surface area contributed by atoms with E-state index < -0.39 is 12.5 Å². The molecule has 0 aliphatic carbocycles. The highest BCUT2D eigenvalue weighted by Gasteiger charge is 2.16. The molecule has 0 amide bonds. The first-order valence-corrected chi connectivity index (χ1v) is 4.58. The van der Waals surface area contributed by atoms with Gasteiger partial charge in [0, 0.05) is 24.2 Å². The molecule has 0 radical (unpaired) electrons. The smallest absolute Gasteiger partial charge is 0.253 e. The molecule has 1 heterocycles. The molecule has 0 saturated heterocycles. The van der Waals surface area contributed by atoms with Gasteiger partial charge in [-0.3, -0.25) is 0 Å². The Morgan fingerprint density at radius 2 is 2.07 bits per heavy atom. The maximum atomic E-state index is 12.1. The van der Waals surface area contributed by atoms with E-state index in [1.807, 2.05) is 13.8 Å². The normalized spacial score (nSPS) is 13.0. The van der Waals surface area contributed by atoms with E-state index in [4.69, 9.17) is 5.73 Å². The van der Waals surface area contributed by atoms with Crippen molar-refractivity contribution in [3.63, 3.8) is 0 Å². The molecule has 0 saturated carbocycles. The molecule has 15 heavy (non-hydrogen) atoms. The lowest BCUT2D eigenvalue weighted by molar-refractivity contribution is 0.115. The number of hydrogen-bond donors (Lipinski definition) is 2. The molecule has 3 N–H and O–H groups in total. The van der Waals surface area contributed by atoms with E-state index in [-0.39, 0.29) is 29.3 Å². The summed E-state index contributed by atoms with van der Waals surface area (Å²) in [4.78, 5) is 7.05. The van der Waals surface area contributed by atoms with Crippen molar-refractivity contribution >= 4 is 17.0 Å². The minimum Gasteiger partial charge on any atom is -0.346 e. The minimum absolute atomic E-state index is 0. The molecule has 0 aliphatic rings. The lowest BCUT2D eigenvalue weighted by atomic mass is 10.2. The van der Waals surface area contributed by atoms with Gasteiger partial charge in [-0.2, -0.15) is 0 Å². The van der Waals surface area contributed by atoms with Crippen molar-refractivity contribution in [3.05, 3.63) is 17.7 Å². The van der Waals surface area contributed by atoms with Crippen molar-refractivity contribution < 1.29 is 8.78 Å². The third-order valence-electron chi connectivity index (χ3n) is 1.97. The summed E-state index contributed by atoms with van der Waals surface area (Å²) in [6.45, 7) is 3.96. The molecule has 1 aromatic heterocycles. The number of aromatic amines is 1. The van der Waals surface area contributed by atoms with Crippen LogP contribution in [0.3, 0.4) is 0 Å². The van der Waals surface area contributed by atoms with E-state index in [0.717, 1.165) is 5.82 Å². The molecular formula is C9H16BrF2N3. The second-order valence-electron chi connectivity index (χ2n) is 3.65. The zero-order chi connectivity index (χ0) is 10.7. The Kier molecular flexibility index (Phi) is 5.97. The standard InChI is InChI=1S/C9H15F2N3.BrH/c1-5(2)9-13-4-6(14-9)3-7(12)8(10)11;/h4-5,7-8H,3,12H2,1-2H3,(H,13,14);1H. The average molecular weight is 284 g/mol. The fraction of sp³-hybridized carbons (Fsp3) is 0.667. The van der Waals surface area contributed by atoms with Gasteiger partial charge >= 0.3 is 0 Å². The summed E-state index contributed by atoms with van der Waals surface area (Å²) in [6, 6.07) is -1.12. The second-order valence-corrected chi connectivity index (χ2v) is 3.65. The van der Waals surface area contributed by atoms with Crippen LogP contribution in [0.15, 0.2) is 6.20 Å². The molecule has 0 bridgehead atoms. The van der Waals surface area contributed by atoms with Crippen molar-refractivity contribution in [2.24, 2.45) is 5.73 Å². The van der Waals surface area contributed by atoms with Crippen LogP contribution in [0.25, 0.3) is 0 Å². The van der Waals surface area contributed by atoms with E-state index in [1.54, 1.807) is 6.20 Å². The van der Waals surface area contributed by atoms with Crippen LogP contribution < -0.4 is 5.73 Å². The monoisotopic (exact) mass is 283 g/mol. The number of halogens is 3. The van der Waals surface area contributed by atoms with Gasteiger partial charge < -0.3 is 10.7 Å². The van der Waals surface area contributed by atoms with Crippen molar-refractivity contribution in [2.75, 3.05) is 0 Å². The molecule has 3 nitrogen and oxygen atoms in total. The van der Waals surface area contributed by atoms with Crippen LogP contribution in [-0.2, 0) is 6.42 Å². The molecule has 0 aliphatic heterocycles. The van der Waals surface area contributed by atoms with Gasteiger partial charge in [-0.25, -0.2) is 13.8 Å². The fourth-order valence-electron chi connectivity index (χ4n) is 1.12. The zero-order valence-corrected chi connectivity index (χ0v) is 10.4. The van der Waals surface area contributed by atoms with E-state index in [9.17, 15) is 8.78 Å². The van der Waals surface area contributed by atoms with Crippen LogP contribution in [0.2, 0.25) is 0 Å². The van der Waals surface area contributed by atoms with Crippen molar-refractivity contribution in [1.82, 2.24) is 9.97 Å². The Hall–Kier alpha value is -0.490. The Bertz CT molecular complexity index is 289. The fourth-order valence-corrected chi connectivity index (χ4v) is 1.12. The molecule has 0 fully saturated rings. The van der Waals surface area contributed by atoms with E-state index >= 15 is 0 Å². The predicted molar refractivity (Wildman–Crippen MR) is 60.7 cm³/mol. The summed E-state index contributed by atoms with van der Waals surface area (Å²) >= 11 is 0. The SMILES string of the molecule is Br.CC(C)c1ncc(CC(N)C(F)F)[nH]1. The molecular weight excluding hydrogens is 268 g/mol. The van der Waals surface area contributed by atoms with Crippen molar-refractivity contribution in [2.45, 2.75) is 38.7 Å². The Morgan fingerprint density at radius 1 is 1.47 bits per heavy atom. The lowest BCUT2D eigenvalue weighted by Gasteiger charge is -2.07. The molecule has 1 unspecified atom stereocenters.